The van der Waals surface area contributed by atoms with E-state index in [1.807, 2.05) is 11.9 Å². The minimum absolute atomic E-state index is 0.145. The molecule has 1 aromatic carbocycles. The Labute approximate surface area is 207 Å². The van der Waals surface area contributed by atoms with Crippen molar-refractivity contribution in [3.63, 3.8) is 0 Å². The highest BCUT2D eigenvalue weighted by Gasteiger charge is 2.41. The van der Waals surface area contributed by atoms with Gasteiger partial charge < -0.3 is 15.0 Å². The average Bonchev–Trinajstić information content (AvgIpc) is 3.44. The van der Waals surface area contributed by atoms with Gasteiger partial charge in [-0.2, -0.15) is 0 Å². The molecule has 2 atom stereocenters. The van der Waals surface area contributed by atoms with E-state index in [0.717, 1.165) is 31.8 Å². The van der Waals surface area contributed by atoms with Crippen LogP contribution in [0.2, 0.25) is 0 Å². The van der Waals surface area contributed by atoms with Crippen molar-refractivity contribution in [1.29, 1.82) is 0 Å². The summed E-state index contributed by atoms with van der Waals surface area (Å²) in [5.41, 5.74) is 1.86. The van der Waals surface area contributed by atoms with Gasteiger partial charge >= 0.3 is 0 Å². The Morgan fingerprint density at radius 3 is 2.50 bits per heavy atom. The van der Waals surface area contributed by atoms with Crippen LogP contribution in [0.25, 0.3) is 0 Å². The Morgan fingerprint density at radius 2 is 1.85 bits per heavy atom. The summed E-state index contributed by atoms with van der Waals surface area (Å²) >= 11 is 0. The van der Waals surface area contributed by atoms with Gasteiger partial charge in [0, 0.05) is 32.3 Å². The van der Waals surface area contributed by atoms with Crippen molar-refractivity contribution < 1.29 is 9.53 Å². The number of nitrogens with one attached hydrogen (secondary N) is 1. The molecule has 1 aliphatic carbocycles. The molecular formula is C29H47N3O2. The lowest BCUT2D eigenvalue weighted by molar-refractivity contribution is -0.143. The lowest BCUT2D eigenvalue weighted by atomic mass is 9.72. The van der Waals surface area contributed by atoms with E-state index in [-0.39, 0.29) is 18.1 Å². The van der Waals surface area contributed by atoms with Gasteiger partial charge in [0.05, 0.1) is 0 Å². The number of rotatable bonds is 10. The summed E-state index contributed by atoms with van der Waals surface area (Å²) in [6, 6.07) is 11.2. The summed E-state index contributed by atoms with van der Waals surface area (Å²) in [5, 5.41) is 3.49. The van der Waals surface area contributed by atoms with E-state index < -0.39 is 0 Å². The van der Waals surface area contributed by atoms with Gasteiger partial charge in [-0.15, -0.1) is 0 Å². The molecule has 190 valence electrons. The molecule has 1 aromatic rings. The Bertz CT molecular complexity index is 735. The summed E-state index contributed by atoms with van der Waals surface area (Å²) in [7, 11) is 3.65. The van der Waals surface area contributed by atoms with Crippen molar-refractivity contribution in [3.8, 4) is 0 Å². The van der Waals surface area contributed by atoms with Gasteiger partial charge in [0.1, 0.15) is 0 Å². The van der Waals surface area contributed by atoms with Crippen molar-refractivity contribution in [2.24, 2.45) is 5.92 Å². The molecule has 0 bridgehead atoms. The maximum absolute atomic E-state index is 13.1. The van der Waals surface area contributed by atoms with E-state index in [1.54, 1.807) is 7.11 Å². The topological polar surface area (TPSA) is 44.8 Å². The van der Waals surface area contributed by atoms with Crippen LogP contribution in [0.5, 0.6) is 0 Å². The number of amides is 1. The number of hydrogen-bond donors (Lipinski definition) is 1. The molecular weight excluding hydrogens is 422 g/mol. The molecule has 2 heterocycles. The second-order valence-corrected chi connectivity index (χ2v) is 11.1. The molecule has 1 N–H and O–H groups in total. The van der Waals surface area contributed by atoms with Crippen molar-refractivity contribution in [1.82, 2.24) is 15.1 Å². The number of methoxy groups -OCH3 is 1. The lowest BCUT2D eigenvalue weighted by Gasteiger charge is -2.47. The summed E-state index contributed by atoms with van der Waals surface area (Å²) < 4.78 is 5.65. The van der Waals surface area contributed by atoms with Gasteiger partial charge in [0.15, 0.2) is 6.10 Å². The average molecular weight is 470 g/mol. The Balaban J connectivity index is 1.27. The van der Waals surface area contributed by atoms with Crippen LogP contribution in [0.4, 0.5) is 0 Å². The lowest BCUT2D eigenvalue weighted by Crippen LogP contribution is -2.52. The highest BCUT2D eigenvalue weighted by atomic mass is 16.5. The molecule has 3 fully saturated rings. The standard InChI is InChI=1S/C29H47N3O2/c1-31(28(33)27(34-2)26-12-6-7-20-30-26)23-16-25-14-18-29(19-15-25,32-21-8-9-22-32)17-13-24-10-4-3-5-11-24/h3-5,10-11,25-27,30H,6-9,12-23H2,1-2H3. The van der Waals surface area contributed by atoms with E-state index in [9.17, 15) is 4.79 Å². The molecule has 0 spiro atoms. The fraction of sp³-hybridized carbons (Fsp3) is 0.759. The molecule has 2 saturated heterocycles. The van der Waals surface area contributed by atoms with E-state index in [4.69, 9.17) is 4.74 Å². The monoisotopic (exact) mass is 469 g/mol. The van der Waals surface area contributed by atoms with Crippen LogP contribution in [0.3, 0.4) is 0 Å². The Hall–Kier alpha value is -1.43. The van der Waals surface area contributed by atoms with Crippen molar-refractivity contribution in [2.45, 2.75) is 94.7 Å². The third-order valence-corrected chi connectivity index (χ3v) is 8.99. The summed E-state index contributed by atoms with van der Waals surface area (Å²) in [6.45, 7) is 4.40. The van der Waals surface area contributed by atoms with Crippen LogP contribution in [-0.2, 0) is 16.0 Å². The zero-order chi connectivity index (χ0) is 23.8. The Morgan fingerprint density at radius 1 is 1.12 bits per heavy atom. The smallest absolute Gasteiger partial charge is 0.253 e. The van der Waals surface area contributed by atoms with Crippen LogP contribution in [0, 0.1) is 5.92 Å². The number of aryl methyl sites for hydroxylation is 1. The van der Waals surface area contributed by atoms with Crippen LogP contribution in [-0.4, -0.2) is 73.7 Å². The quantitative estimate of drug-likeness (QED) is 0.542. The summed E-state index contributed by atoms with van der Waals surface area (Å²) in [4.78, 5) is 17.9. The van der Waals surface area contributed by atoms with Crippen LogP contribution >= 0.6 is 0 Å². The summed E-state index contributed by atoms with van der Waals surface area (Å²) in [6.07, 6.45) is 14.6. The minimum atomic E-state index is -0.350. The van der Waals surface area contributed by atoms with Gasteiger partial charge in [-0.3, -0.25) is 9.69 Å². The maximum Gasteiger partial charge on any atom is 0.253 e. The fourth-order valence-corrected chi connectivity index (χ4v) is 6.72. The van der Waals surface area contributed by atoms with Gasteiger partial charge in [-0.1, -0.05) is 36.8 Å². The highest BCUT2D eigenvalue weighted by Crippen LogP contribution is 2.42. The number of benzene rings is 1. The second kappa shape index (κ2) is 12.5. The normalized spacial score (nSPS) is 29.1. The zero-order valence-electron chi connectivity index (χ0n) is 21.6. The highest BCUT2D eigenvalue weighted by molar-refractivity contribution is 5.81. The molecule has 1 amide bonds. The maximum atomic E-state index is 13.1. The fourth-order valence-electron chi connectivity index (χ4n) is 6.72. The molecule has 2 aliphatic heterocycles. The number of likely N-dealkylation sites (N-methyl/N-ethyl adjacent to an activating group) is 1. The van der Waals surface area contributed by atoms with E-state index >= 15 is 0 Å². The molecule has 2 unspecified atom stereocenters. The number of piperidine rings is 1. The van der Waals surface area contributed by atoms with Crippen LogP contribution in [0.15, 0.2) is 30.3 Å². The summed E-state index contributed by atoms with van der Waals surface area (Å²) in [5.74, 6) is 0.878. The molecule has 0 radical (unpaired) electrons. The first kappa shape index (κ1) is 25.7. The molecule has 0 aromatic heterocycles. The largest absolute Gasteiger partial charge is 0.370 e. The number of hydrogen-bond acceptors (Lipinski definition) is 4. The number of carbonyl (C=O) groups is 1. The first-order valence-corrected chi connectivity index (χ1v) is 13.9. The number of likely N-dealkylation sites (tertiary alicyclic amines) is 1. The molecule has 1 saturated carbocycles. The number of carbonyl (C=O) groups excluding carboxylic acids is 1. The van der Waals surface area contributed by atoms with Crippen molar-refractivity contribution in [3.05, 3.63) is 35.9 Å². The number of ether oxygens (including phenoxy) is 1. The zero-order valence-corrected chi connectivity index (χ0v) is 21.6. The first-order valence-electron chi connectivity index (χ1n) is 13.9. The predicted molar refractivity (Wildman–Crippen MR) is 139 cm³/mol. The molecule has 5 heteroatoms. The molecule has 4 rings (SSSR count). The van der Waals surface area contributed by atoms with Gasteiger partial charge in [0.25, 0.3) is 5.91 Å². The van der Waals surface area contributed by atoms with Crippen LogP contribution < -0.4 is 5.32 Å². The van der Waals surface area contributed by atoms with E-state index in [1.165, 1.54) is 82.9 Å². The van der Waals surface area contributed by atoms with Gasteiger partial charge in [0.2, 0.25) is 0 Å². The molecule has 34 heavy (non-hydrogen) atoms. The van der Waals surface area contributed by atoms with Crippen LogP contribution in [0.1, 0.15) is 76.2 Å². The molecule has 5 nitrogen and oxygen atoms in total. The SMILES string of the molecule is COC(C(=O)N(C)CCC1CCC(CCc2ccccc2)(N2CCCC2)CC1)C1CCCCN1. The minimum Gasteiger partial charge on any atom is -0.370 e. The van der Waals surface area contributed by atoms with E-state index in [0.29, 0.717) is 5.54 Å². The van der Waals surface area contributed by atoms with Crippen molar-refractivity contribution in [2.75, 3.05) is 40.3 Å². The van der Waals surface area contributed by atoms with E-state index in [2.05, 4.69) is 40.5 Å². The van der Waals surface area contributed by atoms with Gasteiger partial charge in [-0.05, 0) is 102 Å². The predicted octanol–water partition coefficient (Wildman–Crippen LogP) is 4.65. The third-order valence-electron chi connectivity index (χ3n) is 8.99. The molecule has 3 aliphatic rings. The van der Waals surface area contributed by atoms with Crippen molar-refractivity contribution >= 4 is 5.91 Å². The third kappa shape index (κ3) is 6.41. The first-order chi connectivity index (χ1) is 16.6. The van der Waals surface area contributed by atoms with Gasteiger partial charge in [-0.25, -0.2) is 0 Å². The number of nitrogens with zero attached hydrogens (tertiary/aromatic N) is 2. The Kier molecular flexibility index (Phi) is 9.44. The second-order valence-electron chi connectivity index (χ2n) is 11.1.